The van der Waals surface area contributed by atoms with Crippen LogP contribution in [-0.4, -0.2) is 23.4 Å². The topological polar surface area (TPSA) is 20.3 Å². The highest BCUT2D eigenvalue weighted by atomic mass is 16.2. The van der Waals surface area contributed by atoms with E-state index >= 15 is 0 Å². The average molecular weight is 217 g/mol. The number of carbonyl (C=O) groups excluding carboxylic acids is 1. The number of hydrogen-bond donors (Lipinski definition) is 0. The van der Waals surface area contributed by atoms with Gasteiger partial charge in [-0.2, -0.15) is 0 Å². The third kappa shape index (κ3) is 2.63. The predicted molar refractivity (Wildman–Crippen MR) is 65.2 cm³/mol. The smallest absolute Gasteiger partial charge is 0.219 e. The largest absolute Gasteiger partial charge is 0.340 e. The molecule has 1 fully saturated rings. The van der Waals surface area contributed by atoms with Gasteiger partial charge in [-0.25, -0.2) is 0 Å². The highest BCUT2D eigenvalue weighted by molar-refractivity contribution is 5.73. The van der Waals surface area contributed by atoms with Crippen molar-refractivity contribution in [3.63, 3.8) is 0 Å². The Morgan fingerprint density at radius 3 is 2.75 bits per heavy atom. The van der Waals surface area contributed by atoms with Crippen molar-refractivity contribution >= 4 is 5.91 Å². The van der Waals surface area contributed by atoms with Gasteiger partial charge in [-0.3, -0.25) is 4.79 Å². The Bertz CT molecular complexity index is 347. The molecule has 0 aliphatic carbocycles. The molecule has 86 valence electrons. The van der Waals surface area contributed by atoms with Crippen LogP contribution < -0.4 is 0 Å². The predicted octanol–water partition coefficient (Wildman–Crippen LogP) is 2.63. The van der Waals surface area contributed by atoms with Crippen molar-refractivity contribution in [1.82, 2.24) is 4.90 Å². The summed E-state index contributed by atoms with van der Waals surface area (Å²) in [7, 11) is 0. The van der Waals surface area contributed by atoms with Gasteiger partial charge in [0, 0.05) is 19.5 Å². The molecule has 1 aliphatic heterocycles. The molecule has 1 saturated heterocycles. The highest BCUT2D eigenvalue weighted by Gasteiger charge is 2.24. The number of hydrogen-bond acceptors (Lipinski definition) is 1. The van der Waals surface area contributed by atoms with E-state index in [0.717, 1.165) is 25.8 Å². The van der Waals surface area contributed by atoms with Crippen LogP contribution in [0.3, 0.4) is 0 Å². The van der Waals surface area contributed by atoms with E-state index in [0.29, 0.717) is 6.04 Å². The van der Waals surface area contributed by atoms with Crippen molar-refractivity contribution in [2.24, 2.45) is 0 Å². The molecule has 0 saturated carbocycles. The summed E-state index contributed by atoms with van der Waals surface area (Å²) in [5, 5.41) is 0. The van der Waals surface area contributed by atoms with Gasteiger partial charge in [-0.05, 0) is 31.2 Å². The van der Waals surface area contributed by atoms with Gasteiger partial charge < -0.3 is 4.90 Å². The van der Waals surface area contributed by atoms with Gasteiger partial charge in [0.25, 0.3) is 0 Å². The fourth-order valence-corrected chi connectivity index (χ4v) is 2.51. The molecule has 0 aromatic heterocycles. The molecule has 16 heavy (non-hydrogen) atoms. The van der Waals surface area contributed by atoms with Gasteiger partial charge in [0.2, 0.25) is 5.91 Å². The zero-order chi connectivity index (χ0) is 11.4. The molecule has 0 radical (unpaired) electrons. The van der Waals surface area contributed by atoms with Crippen LogP contribution in [0.2, 0.25) is 0 Å². The molecule has 1 amide bonds. The van der Waals surface area contributed by atoms with E-state index in [1.165, 1.54) is 12.0 Å². The van der Waals surface area contributed by atoms with Crippen LogP contribution in [0, 0.1) is 0 Å². The Morgan fingerprint density at radius 2 is 2.06 bits per heavy atom. The SMILES string of the molecule is CC(=O)N1CCCC[C@H]1Cc1ccccc1. The van der Waals surface area contributed by atoms with E-state index in [1.807, 2.05) is 11.0 Å². The summed E-state index contributed by atoms with van der Waals surface area (Å²) in [4.78, 5) is 13.6. The van der Waals surface area contributed by atoms with Crippen molar-refractivity contribution in [3.8, 4) is 0 Å². The van der Waals surface area contributed by atoms with Gasteiger partial charge in [0.05, 0.1) is 0 Å². The lowest BCUT2D eigenvalue weighted by Gasteiger charge is -2.35. The maximum Gasteiger partial charge on any atom is 0.219 e. The van der Waals surface area contributed by atoms with Crippen molar-refractivity contribution in [1.29, 1.82) is 0 Å². The Kier molecular flexibility index (Phi) is 3.60. The van der Waals surface area contributed by atoms with Crippen LogP contribution in [0.1, 0.15) is 31.7 Å². The van der Waals surface area contributed by atoms with Crippen LogP contribution in [0.25, 0.3) is 0 Å². The maximum atomic E-state index is 11.5. The maximum absolute atomic E-state index is 11.5. The second-order valence-electron chi connectivity index (χ2n) is 4.55. The highest BCUT2D eigenvalue weighted by Crippen LogP contribution is 2.20. The normalized spacial score (nSPS) is 20.8. The Hall–Kier alpha value is -1.31. The average Bonchev–Trinajstić information content (AvgIpc) is 2.31. The number of nitrogens with zero attached hydrogens (tertiary/aromatic N) is 1. The van der Waals surface area contributed by atoms with Crippen molar-refractivity contribution in [2.45, 2.75) is 38.6 Å². The van der Waals surface area contributed by atoms with Crippen molar-refractivity contribution in [2.75, 3.05) is 6.54 Å². The summed E-state index contributed by atoms with van der Waals surface area (Å²) in [5.74, 6) is 0.223. The summed E-state index contributed by atoms with van der Waals surface area (Å²) in [6.45, 7) is 2.62. The van der Waals surface area contributed by atoms with Gasteiger partial charge in [0.1, 0.15) is 0 Å². The molecule has 0 spiro atoms. The van der Waals surface area contributed by atoms with Gasteiger partial charge in [0.15, 0.2) is 0 Å². The fraction of sp³-hybridized carbons (Fsp3) is 0.500. The lowest BCUT2D eigenvalue weighted by molar-refractivity contribution is -0.132. The molecule has 1 aliphatic rings. The molecule has 1 aromatic rings. The molecule has 2 heteroatoms. The molecule has 2 nitrogen and oxygen atoms in total. The van der Waals surface area contributed by atoms with Crippen LogP contribution in [0.4, 0.5) is 0 Å². The quantitative estimate of drug-likeness (QED) is 0.745. The Labute approximate surface area is 97.3 Å². The van der Waals surface area contributed by atoms with Crippen LogP contribution in [0.5, 0.6) is 0 Å². The number of carbonyl (C=O) groups is 1. The zero-order valence-electron chi connectivity index (χ0n) is 9.86. The van der Waals surface area contributed by atoms with Crippen LogP contribution in [0.15, 0.2) is 30.3 Å². The van der Waals surface area contributed by atoms with E-state index in [9.17, 15) is 4.79 Å². The first-order valence-corrected chi connectivity index (χ1v) is 6.08. The van der Waals surface area contributed by atoms with E-state index in [1.54, 1.807) is 6.92 Å². The lowest BCUT2D eigenvalue weighted by Crippen LogP contribution is -2.43. The van der Waals surface area contributed by atoms with E-state index in [4.69, 9.17) is 0 Å². The van der Waals surface area contributed by atoms with E-state index < -0.39 is 0 Å². The van der Waals surface area contributed by atoms with Gasteiger partial charge >= 0.3 is 0 Å². The molecule has 1 atom stereocenters. The minimum absolute atomic E-state index is 0.223. The second-order valence-corrected chi connectivity index (χ2v) is 4.55. The molecule has 1 heterocycles. The molecule has 0 unspecified atom stereocenters. The van der Waals surface area contributed by atoms with Gasteiger partial charge in [-0.15, -0.1) is 0 Å². The van der Waals surface area contributed by atoms with Crippen molar-refractivity contribution in [3.05, 3.63) is 35.9 Å². The number of likely N-dealkylation sites (tertiary alicyclic amines) is 1. The third-order valence-corrected chi connectivity index (χ3v) is 3.35. The van der Waals surface area contributed by atoms with Crippen LogP contribution in [-0.2, 0) is 11.2 Å². The number of rotatable bonds is 2. The second kappa shape index (κ2) is 5.15. The molecular weight excluding hydrogens is 198 g/mol. The molecule has 0 N–H and O–H groups in total. The molecular formula is C14H19NO. The van der Waals surface area contributed by atoms with E-state index in [2.05, 4.69) is 24.3 Å². The minimum Gasteiger partial charge on any atom is -0.340 e. The standard InChI is InChI=1S/C14H19NO/c1-12(16)15-10-6-5-9-14(15)11-13-7-3-2-4-8-13/h2-4,7-8,14H,5-6,9-11H2,1H3/t14-/m0/s1. The summed E-state index contributed by atoms with van der Waals surface area (Å²) in [6, 6.07) is 10.9. The van der Waals surface area contributed by atoms with Crippen molar-refractivity contribution < 1.29 is 4.79 Å². The Balaban J connectivity index is 2.04. The molecule has 2 rings (SSSR count). The summed E-state index contributed by atoms with van der Waals surface area (Å²) < 4.78 is 0. The first-order chi connectivity index (χ1) is 7.77. The molecule has 1 aromatic carbocycles. The Morgan fingerprint density at radius 1 is 1.31 bits per heavy atom. The monoisotopic (exact) mass is 217 g/mol. The van der Waals surface area contributed by atoms with E-state index in [-0.39, 0.29) is 5.91 Å². The lowest BCUT2D eigenvalue weighted by atomic mass is 9.95. The number of amides is 1. The summed E-state index contributed by atoms with van der Waals surface area (Å²) in [5.41, 5.74) is 1.33. The number of benzene rings is 1. The zero-order valence-corrected chi connectivity index (χ0v) is 9.86. The third-order valence-electron chi connectivity index (χ3n) is 3.35. The first kappa shape index (κ1) is 11.2. The minimum atomic E-state index is 0.223. The fourth-order valence-electron chi connectivity index (χ4n) is 2.51. The van der Waals surface area contributed by atoms with Gasteiger partial charge in [-0.1, -0.05) is 30.3 Å². The number of piperidine rings is 1. The van der Waals surface area contributed by atoms with Crippen LogP contribution >= 0.6 is 0 Å². The summed E-state index contributed by atoms with van der Waals surface area (Å²) in [6.07, 6.45) is 4.56. The molecule has 0 bridgehead atoms. The first-order valence-electron chi connectivity index (χ1n) is 6.08. The summed E-state index contributed by atoms with van der Waals surface area (Å²) >= 11 is 0.